The number of benzene rings is 1. The molecule has 146 valence electrons. The molecular weight excluding hydrogens is 376 g/mol. The Bertz CT molecular complexity index is 1210. The molecule has 0 unspecified atom stereocenters. The summed E-state index contributed by atoms with van der Waals surface area (Å²) in [5.41, 5.74) is 1.15. The van der Waals surface area contributed by atoms with E-state index in [0.717, 1.165) is 16.1 Å². The molecule has 2 aromatic rings. The molecule has 0 bridgehead atoms. The van der Waals surface area contributed by atoms with Crippen molar-refractivity contribution < 1.29 is 9.90 Å². The molecule has 1 aromatic heterocycles. The quantitative estimate of drug-likeness (QED) is 0.742. The van der Waals surface area contributed by atoms with Crippen LogP contribution >= 0.6 is 12.2 Å². The van der Waals surface area contributed by atoms with Gasteiger partial charge in [-0.1, -0.05) is 18.2 Å². The van der Waals surface area contributed by atoms with E-state index in [2.05, 4.69) is 9.98 Å². The van der Waals surface area contributed by atoms with Gasteiger partial charge in [0.25, 0.3) is 5.56 Å². The Kier molecular flexibility index (Phi) is 5.60. The lowest BCUT2D eigenvalue weighted by Gasteiger charge is -2.19. The molecule has 1 aromatic carbocycles. The Hall–Kier alpha value is -3.00. The maximum Gasteiger partial charge on any atom is 0.262 e. The number of para-hydroxylation sites is 1. The molecule has 3 rings (SSSR count). The van der Waals surface area contributed by atoms with E-state index in [9.17, 15) is 14.7 Å². The molecular formula is C20H22N4O3S. The molecule has 0 radical (unpaired) electrons. The number of amides is 1. The zero-order valence-electron chi connectivity index (χ0n) is 16.0. The Labute approximate surface area is 167 Å². The summed E-state index contributed by atoms with van der Waals surface area (Å²) < 4.78 is 1.47. The van der Waals surface area contributed by atoms with Gasteiger partial charge in [-0.05, 0) is 43.3 Å². The molecule has 7 nitrogen and oxygen atoms in total. The molecule has 0 spiro atoms. The highest BCUT2D eigenvalue weighted by Gasteiger charge is 2.17. The predicted octanol–water partition coefficient (Wildman–Crippen LogP) is 1.23. The number of rotatable bonds is 5. The van der Waals surface area contributed by atoms with Gasteiger partial charge in [0.1, 0.15) is 5.56 Å². The van der Waals surface area contributed by atoms with Gasteiger partial charge in [-0.15, -0.1) is 0 Å². The third kappa shape index (κ3) is 3.68. The third-order valence-corrected chi connectivity index (χ3v) is 5.22. The minimum Gasteiger partial charge on any atom is -0.494 e. The van der Waals surface area contributed by atoms with Crippen LogP contribution in [0.3, 0.4) is 0 Å². The van der Waals surface area contributed by atoms with Crippen LogP contribution in [0.5, 0.6) is 5.88 Å². The molecule has 8 heteroatoms. The van der Waals surface area contributed by atoms with Crippen LogP contribution < -0.4 is 16.1 Å². The lowest BCUT2D eigenvalue weighted by atomic mass is 10.1. The van der Waals surface area contributed by atoms with Gasteiger partial charge in [0, 0.05) is 32.3 Å². The zero-order chi connectivity index (χ0) is 20.4. The largest absolute Gasteiger partial charge is 0.494 e. The minimum absolute atomic E-state index is 0.0130. The lowest BCUT2D eigenvalue weighted by molar-refractivity contribution is -0.128. The number of aromatic nitrogens is 2. The highest BCUT2D eigenvalue weighted by molar-refractivity contribution is 7.71. The van der Waals surface area contributed by atoms with E-state index in [1.165, 1.54) is 4.57 Å². The molecule has 28 heavy (non-hydrogen) atoms. The Balaban J connectivity index is 2.11. The smallest absolute Gasteiger partial charge is 0.262 e. The van der Waals surface area contributed by atoms with Gasteiger partial charge in [-0.2, -0.15) is 0 Å². The summed E-state index contributed by atoms with van der Waals surface area (Å²) >= 11 is 5.02. The SMILES string of the molecule is CCN(CCC1=c2ccccc2=N/C1=C\c1c(O)n(C)c(=S)[nH]c1=O)C(C)=O. The zero-order valence-corrected chi connectivity index (χ0v) is 16.8. The van der Waals surface area contributed by atoms with E-state index in [4.69, 9.17) is 12.2 Å². The number of aromatic amines is 1. The Morgan fingerprint density at radius 2 is 2.11 bits per heavy atom. The van der Waals surface area contributed by atoms with Gasteiger partial charge >= 0.3 is 0 Å². The predicted molar refractivity (Wildman–Crippen MR) is 110 cm³/mol. The summed E-state index contributed by atoms with van der Waals surface area (Å²) in [4.78, 5) is 33.0. The molecule has 2 N–H and O–H groups in total. The average molecular weight is 398 g/mol. The maximum absolute atomic E-state index is 12.3. The molecule has 0 fully saturated rings. The number of nitrogens with one attached hydrogen (secondary N) is 1. The number of nitrogens with zero attached hydrogens (tertiary/aromatic N) is 3. The second-order valence-corrected chi connectivity index (χ2v) is 6.93. The highest BCUT2D eigenvalue weighted by Crippen LogP contribution is 2.23. The van der Waals surface area contributed by atoms with Gasteiger partial charge in [-0.25, -0.2) is 4.99 Å². The second kappa shape index (κ2) is 7.93. The third-order valence-electron chi connectivity index (χ3n) is 4.85. The number of hydrogen-bond acceptors (Lipinski definition) is 5. The van der Waals surface area contributed by atoms with E-state index in [1.54, 1.807) is 24.9 Å². The topological polar surface area (TPSA) is 90.7 Å². The number of allylic oxidation sites excluding steroid dienone is 1. The fraction of sp³-hybridized carbons (Fsp3) is 0.300. The number of carbonyl (C=O) groups is 1. The Morgan fingerprint density at radius 1 is 1.39 bits per heavy atom. The summed E-state index contributed by atoms with van der Waals surface area (Å²) in [5, 5.41) is 12.1. The fourth-order valence-electron chi connectivity index (χ4n) is 3.22. The van der Waals surface area contributed by atoms with E-state index in [1.807, 2.05) is 31.2 Å². The van der Waals surface area contributed by atoms with Gasteiger partial charge < -0.3 is 10.0 Å². The van der Waals surface area contributed by atoms with Crippen molar-refractivity contribution in [3.05, 3.63) is 61.2 Å². The molecule has 0 atom stereocenters. The van der Waals surface area contributed by atoms with Crippen molar-refractivity contribution >= 4 is 29.8 Å². The highest BCUT2D eigenvalue weighted by atomic mass is 32.1. The standard InChI is InChI=1S/C20H22N4O3S/c1-4-24(12(2)25)10-9-14-13-7-5-6-8-16(13)21-17(14)11-15-18(26)22-20(28)23(3)19(15)27/h5-8,11,27H,4,9-10H2,1-3H3,(H,22,26,28)/b17-11-. The van der Waals surface area contributed by atoms with Crippen LogP contribution in [0.25, 0.3) is 11.6 Å². The second-order valence-electron chi connectivity index (χ2n) is 6.54. The van der Waals surface area contributed by atoms with Crippen molar-refractivity contribution in [3.8, 4) is 5.88 Å². The first kappa shape index (κ1) is 19.8. The number of hydrogen-bond donors (Lipinski definition) is 2. The number of fused-ring (bicyclic) bond motifs is 1. The molecule has 0 saturated carbocycles. The van der Waals surface area contributed by atoms with Gasteiger partial charge in [0.2, 0.25) is 11.8 Å². The van der Waals surface area contributed by atoms with E-state index < -0.39 is 5.56 Å². The molecule has 0 aliphatic carbocycles. The van der Waals surface area contributed by atoms with Crippen molar-refractivity contribution in [2.75, 3.05) is 13.1 Å². The van der Waals surface area contributed by atoms with Crippen molar-refractivity contribution in [2.45, 2.75) is 20.3 Å². The number of H-pyrrole nitrogens is 1. The normalized spacial score (nSPS) is 14.1. The summed E-state index contributed by atoms with van der Waals surface area (Å²) in [6.07, 6.45) is 2.16. The van der Waals surface area contributed by atoms with Gasteiger partial charge in [0.15, 0.2) is 4.77 Å². The van der Waals surface area contributed by atoms with Gasteiger partial charge in [0.05, 0.1) is 11.1 Å². The molecule has 2 heterocycles. The van der Waals surface area contributed by atoms with E-state index in [0.29, 0.717) is 25.2 Å². The van der Waals surface area contributed by atoms with Crippen molar-refractivity contribution in [1.82, 2.24) is 14.5 Å². The number of carbonyl (C=O) groups excluding carboxylic acids is 1. The Morgan fingerprint density at radius 3 is 2.79 bits per heavy atom. The summed E-state index contributed by atoms with van der Waals surface area (Å²) in [7, 11) is 1.58. The van der Waals surface area contributed by atoms with Crippen molar-refractivity contribution in [3.63, 3.8) is 0 Å². The first-order valence-electron chi connectivity index (χ1n) is 9.00. The van der Waals surface area contributed by atoms with Crippen LogP contribution in [0.4, 0.5) is 0 Å². The van der Waals surface area contributed by atoms with Crippen molar-refractivity contribution in [1.29, 1.82) is 0 Å². The summed E-state index contributed by atoms with van der Waals surface area (Å²) in [6, 6.07) is 7.69. The van der Waals surface area contributed by atoms with Crippen LogP contribution in [0.1, 0.15) is 25.8 Å². The van der Waals surface area contributed by atoms with E-state index >= 15 is 0 Å². The van der Waals surface area contributed by atoms with Gasteiger partial charge in [-0.3, -0.25) is 19.1 Å². The first-order chi connectivity index (χ1) is 13.3. The lowest BCUT2D eigenvalue weighted by Crippen LogP contribution is -2.30. The van der Waals surface area contributed by atoms with Crippen LogP contribution in [0.15, 0.2) is 39.7 Å². The fourth-order valence-corrected chi connectivity index (χ4v) is 3.40. The maximum atomic E-state index is 12.3. The first-order valence-corrected chi connectivity index (χ1v) is 9.41. The van der Waals surface area contributed by atoms with Crippen LogP contribution in [0.2, 0.25) is 0 Å². The number of aromatic hydroxyl groups is 1. The molecule has 1 aliphatic heterocycles. The minimum atomic E-state index is -0.475. The van der Waals surface area contributed by atoms with Crippen LogP contribution in [0, 0.1) is 4.77 Å². The summed E-state index contributed by atoms with van der Waals surface area (Å²) in [6.45, 7) is 4.65. The van der Waals surface area contributed by atoms with Crippen LogP contribution in [-0.2, 0) is 11.8 Å². The van der Waals surface area contributed by atoms with Crippen LogP contribution in [-0.4, -0.2) is 38.6 Å². The van der Waals surface area contributed by atoms with E-state index in [-0.39, 0.29) is 22.1 Å². The monoisotopic (exact) mass is 398 g/mol. The molecule has 1 amide bonds. The summed E-state index contributed by atoms with van der Waals surface area (Å²) in [5.74, 6) is -0.204. The molecule has 1 aliphatic rings. The average Bonchev–Trinajstić information content (AvgIpc) is 3.01. The molecule has 0 saturated heterocycles. The van der Waals surface area contributed by atoms with Crippen molar-refractivity contribution in [2.24, 2.45) is 12.0 Å².